The summed E-state index contributed by atoms with van der Waals surface area (Å²) in [5, 5.41) is 4.22. The Morgan fingerprint density at radius 3 is 2.92 bits per heavy atom. The fourth-order valence-electron chi connectivity index (χ4n) is 2.51. The maximum absolute atomic E-state index is 6.09. The lowest BCUT2D eigenvalue weighted by Crippen LogP contribution is -2.42. The van der Waals surface area contributed by atoms with E-state index in [0.29, 0.717) is 34.9 Å². The highest BCUT2D eigenvalue weighted by Gasteiger charge is 2.18. The van der Waals surface area contributed by atoms with Gasteiger partial charge in [-0.05, 0) is 18.6 Å². The van der Waals surface area contributed by atoms with Crippen LogP contribution in [0.4, 0.5) is 0 Å². The third kappa shape index (κ3) is 6.46. The minimum atomic E-state index is 0. The summed E-state index contributed by atoms with van der Waals surface area (Å²) in [6.45, 7) is 3.72. The molecule has 1 unspecified atom stereocenters. The van der Waals surface area contributed by atoms with Gasteiger partial charge in [0, 0.05) is 33.2 Å². The normalized spacial score (nSPS) is 17.3. The van der Waals surface area contributed by atoms with Gasteiger partial charge in [-0.15, -0.1) is 24.0 Å². The summed E-state index contributed by atoms with van der Waals surface area (Å²) in [6, 6.07) is 5.35. The minimum Gasteiger partial charge on any atom is -0.490 e. The van der Waals surface area contributed by atoms with Crippen molar-refractivity contribution in [3.8, 4) is 5.75 Å². The summed E-state index contributed by atoms with van der Waals surface area (Å²) in [5.74, 6) is 2.00. The number of hydrogen-bond donors (Lipinski definition) is 1. The standard InChI is InChI=1S/C16H23Cl2N3O2.HI/c1-19-16(21(2)10-12-6-8-22-11-12)20-7-9-23-14-5-3-4-13(17)15(14)18;/h3-5,12H,6-11H2,1-2H3,(H,19,20);1H. The third-order valence-electron chi connectivity index (χ3n) is 3.69. The van der Waals surface area contributed by atoms with Crippen molar-refractivity contribution in [3.05, 3.63) is 28.2 Å². The number of aliphatic imine (C=N–C) groups is 1. The summed E-state index contributed by atoms with van der Waals surface area (Å²) >= 11 is 12.0. The molecule has 136 valence electrons. The summed E-state index contributed by atoms with van der Waals surface area (Å²) in [7, 11) is 3.81. The van der Waals surface area contributed by atoms with Crippen molar-refractivity contribution in [1.29, 1.82) is 0 Å². The molecule has 0 saturated carbocycles. The topological polar surface area (TPSA) is 46.1 Å². The molecule has 0 aromatic heterocycles. The van der Waals surface area contributed by atoms with E-state index >= 15 is 0 Å². The van der Waals surface area contributed by atoms with Gasteiger partial charge >= 0.3 is 0 Å². The van der Waals surface area contributed by atoms with Crippen LogP contribution in [-0.4, -0.2) is 57.9 Å². The van der Waals surface area contributed by atoms with Crippen LogP contribution in [-0.2, 0) is 4.74 Å². The molecule has 0 spiro atoms. The Balaban J connectivity index is 0.00000288. The molecule has 1 fully saturated rings. The highest BCUT2D eigenvalue weighted by Crippen LogP contribution is 2.31. The van der Waals surface area contributed by atoms with Crippen molar-refractivity contribution < 1.29 is 9.47 Å². The van der Waals surface area contributed by atoms with Gasteiger partial charge in [0.15, 0.2) is 5.96 Å². The predicted molar refractivity (Wildman–Crippen MR) is 110 cm³/mol. The fraction of sp³-hybridized carbons (Fsp3) is 0.562. The van der Waals surface area contributed by atoms with Crippen LogP contribution < -0.4 is 10.1 Å². The number of ether oxygens (including phenoxy) is 2. The van der Waals surface area contributed by atoms with Crippen molar-refractivity contribution >= 4 is 53.1 Å². The second-order valence-electron chi connectivity index (χ2n) is 5.48. The van der Waals surface area contributed by atoms with Crippen LogP contribution in [0.1, 0.15) is 6.42 Å². The molecule has 1 aliphatic heterocycles. The van der Waals surface area contributed by atoms with Crippen molar-refractivity contribution in [2.24, 2.45) is 10.9 Å². The van der Waals surface area contributed by atoms with E-state index in [2.05, 4.69) is 15.2 Å². The Kier molecular flexibility index (Phi) is 10.1. The largest absolute Gasteiger partial charge is 0.490 e. The van der Waals surface area contributed by atoms with Crippen LogP contribution >= 0.6 is 47.2 Å². The summed E-state index contributed by atoms with van der Waals surface area (Å²) in [4.78, 5) is 6.41. The van der Waals surface area contributed by atoms with Crippen molar-refractivity contribution in [1.82, 2.24) is 10.2 Å². The molecule has 5 nitrogen and oxygen atoms in total. The Hall–Kier alpha value is -0.440. The summed E-state index contributed by atoms with van der Waals surface area (Å²) in [5.41, 5.74) is 0. The van der Waals surface area contributed by atoms with Gasteiger partial charge in [0.1, 0.15) is 17.4 Å². The molecule has 1 N–H and O–H groups in total. The SMILES string of the molecule is CN=C(NCCOc1cccc(Cl)c1Cl)N(C)CC1CCOC1.I. The van der Waals surface area contributed by atoms with Crippen molar-refractivity contribution in [2.75, 3.05) is 47.0 Å². The van der Waals surface area contributed by atoms with E-state index in [9.17, 15) is 0 Å². The van der Waals surface area contributed by atoms with Gasteiger partial charge in [0.2, 0.25) is 0 Å². The number of guanidine groups is 1. The average Bonchev–Trinajstić information content (AvgIpc) is 3.04. The molecule has 1 saturated heterocycles. The second kappa shape index (κ2) is 11.2. The number of hydrogen-bond acceptors (Lipinski definition) is 3. The van der Waals surface area contributed by atoms with Gasteiger partial charge in [-0.25, -0.2) is 0 Å². The molecule has 0 bridgehead atoms. The second-order valence-corrected chi connectivity index (χ2v) is 6.27. The number of nitrogens with zero attached hydrogens (tertiary/aromatic N) is 2. The third-order valence-corrected chi connectivity index (χ3v) is 4.49. The Labute approximate surface area is 170 Å². The molecule has 0 amide bonds. The van der Waals surface area contributed by atoms with Crippen LogP contribution in [0.2, 0.25) is 10.0 Å². The Bertz CT molecular complexity index is 540. The van der Waals surface area contributed by atoms with Gasteiger partial charge < -0.3 is 19.7 Å². The van der Waals surface area contributed by atoms with Gasteiger partial charge in [0.25, 0.3) is 0 Å². The molecular formula is C16H24Cl2IN3O2. The zero-order valence-electron chi connectivity index (χ0n) is 13.9. The van der Waals surface area contributed by atoms with Crippen molar-refractivity contribution in [3.63, 3.8) is 0 Å². The molecule has 1 aromatic carbocycles. The zero-order chi connectivity index (χ0) is 16.7. The summed E-state index contributed by atoms with van der Waals surface area (Å²) in [6.07, 6.45) is 1.11. The first kappa shape index (κ1) is 21.6. The zero-order valence-corrected chi connectivity index (χ0v) is 17.8. The van der Waals surface area contributed by atoms with E-state index in [-0.39, 0.29) is 24.0 Å². The van der Waals surface area contributed by atoms with Gasteiger partial charge in [-0.1, -0.05) is 29.3 Å². The number of nitrogens with one attached hydrogen (secondary N) is 1. The smallest absolute Gasteiger partial charge is 0.193 e. The quantitative estimate of drug-likeness (QED) is 0.288. The van der Waals surface area contributed by atoms with Crippen LogP contribution in [0.15, 0.2) is 23.2 Å². The number of benzene rings is 1. The van der Waals surface area contributed by atoms with E-state index in [0.717, 1.165) is 32.1 Å². The molecule has 0 aliphatic carbocycles. The van der Waals surface area contributed by atoms with E-state index in [4.69, 9.17) is 32.7 Å². The first-order valence-electron chi connectivity index (χ1n) is 7.68. The van der Waals surface area contributed by atoms with E-state index in [1.165, 1.54) is 0 Å². The monoisotopic (exact) mass is 487 g/mol. The molecule has 0 radical (unpaired) electrons. The molecule has 8 heteroatoms. The number of rotatable bonds is 6. The van der Waals surface area contributed by atoms with Crippen LogP contribution in [0.5, 0.6) is 5.75 Å². The molecule has 24 heavy (non-hydrogen) atoms. The highest BCUT2D eigenvalue weighted by atomic mass is 127. The van der Waals surface area contributed by atoms with Crippen molar-refractivity contribution in [2.45, 2.75) is 6.42 Å². The Morgan fingerprint density at radius 1 is 1.46 bits per heavy atom. The predicted octanol–water partition coefficient (Wildman–Crippen LogP) is 3.53. The van der Waals surface area contributed by atoms with Crippen LogP contribution in [0.25, 0.3) is 0 Å². The van der Waals surface area contributed by atoms with Crippen LogP contribution in [0, 0.1) is 5.92 Å². The van der Waals surface area contributed by atoms with Gasteiger partial charge in [-0.2, -0.15) is 0 Å². The van der Waals surface area contributed by atoms with Gasteiger partial charge in [-0.3, -0.25) is 4.99 Å². The van der Waals surface area contributed by atoms with Gasteiger partial charge in [0.05, 0.1) is 18.2 Å². The molecular weight excluding hydrogens is 464 g/mol. The molecule has 2 rings (SSSR count). The highest BCUT2D eigenvalue weighted by molar-refractivity contribution is 14.0. The lowest BCUT2D eigenvalue weighted by molar-refractivity contribution is 0.181. The first-order valence-corrected chi connectivity index (χ1v) is 8.43. The molecule has 1 aliphatic rings. The lowest BCUT2D eigenvalue weighted by atomic mass is 10.1. The van der Waals surface area contributed by atoms with E-state index in [1.54, 1.807) is 19.2 Å². The molecule has 1 atom stereocenters. The Morgan fingerprint density at radius 2 is 2.25 bits per heavy atom. The minimum absolute atomic E-state index is 0. The maximum Gasteiger partial charge on any atom is 0.193 e. The average molecular weight is 488 g/mol. The lowest BCUT2D eigenvalue weighted by Gasteiger charge is -2.24. The first-order chi connectivity index (χ1) is 11.1. The number of halogens is 3. The molecule has 1 heterocycles. The maximum atomic E-state index is 6.09. The van der Waals surface area contributed by atoms with E-state index in [1.807, 2.05) is 13.1 Å². The molecule has 1 aromatic rings. The van der Waals surface area contributed by atoms with E-state index < -0.39 is 0 Å². The van der Waals surface area contributed by atoms with Crippen LogP contribution in [0.3, 0.4) is 0 Å². The fourth-order valence-corrected chi connectivity index (χ4v) is 2.85. The summed E-state index contributed by atoms with van der Waals surface area (Å²) < 4.78 is 11.1.